The van der Waals surface area contributed by atoms with Crippen LogP contribution in [0.4, 0.5) is 6.01 Å². The molecule has 5 heteroatoms. The van der Waals surface area contributed by atoms with Gasteiger partial charge in [0.25, 0.3) is 5.56 Å². The summed E-state index contributed by atoms with van der Waals surface area (Å²) in [7, 11) is 0. The normalized spacial score (nSPS) is 10.7. The fourth-order valence-electron chi connectivity index (χ4n) is 2.28. The maximum atomic E-state index is 12.0. The second-order valence-corrected chi connectivity index (χ2v) is 6.46. The van der Waals surface area contributed by atoms with Crippen LogP contribution in [0.3, 0.4) is 0 Å². The molecule has 0 atom stereocenters. The molecule has 1 heterocycles. The van der Waals surface area contributed by atoms with Gasteiger partial charge < -0.3 is 9.32 Å². The van der Waals surface area contributed by atoms with Crippen LogP contribution in [0.2, 0.25) is 0 Å². The first-order valence-corrected chi connectivity index (χ1v) is 8.96. The summed E-state index contributed by atoms with van der Waals surface area (Å²) < 4.78 is 6.93. The van der Waals surface area contributed by atoms with Crippen LogP contribution in [-0.2, 0) is 0 Å². The summed E-state index contributed by atoms with van der Waals surface area (Å²) in [6.45, 7) is 6.02. The maximum Gasteiger partial charge on any atom is 0.301 e. The molecular formula is C18H23BrN2O2. The molecular weight excluding hydrogens is 356 g/mol. The number of rotatable bonds is 8. The van der Waals surface area contributed by atoms with Gasteiger partial charge in [-0.15, -0.1) is 0 Å². The van der Waals surface area contributed by atoms with Crippen LogP contribution >= 0.6 is 15.9 Å². The van der Waals surface area contributed by atoms with Gasteiger partial charge in [0.05, 0.1) is 0 Å². The molecule has 0 radical (unpaired) electrons. The van der Waals surface area contributed by atoms with Crippen LogP contribution in [0.1, 0.15) is 39.5 Å². The van der Waals surface area contributed by atoms with E-state index in [1.807, 2.05) is 24.3 Å². The zero-order chi connectivity index (χ0) is 16.7. The summed E-state index contributed by atoms with van der Waals surface area (Å²) in [5.74, 6) is 0.561. The van der Waals surface area contributed by atoms with Crippen molar-refractivity contribution < 1.29 is 4.42 Å². The Morgan fingerprint density at radius 2 is 1.70 bits per heavy atom. The number of aromatic nitrogens is 1. The topological polar surface area (TPSA) is 46.3 Å². The van der Waals surface area contributed by atoms with Gasteiger partial charge in [0.2, 0.25) is 0 Å². The Balaban J connectivity index is 2.33. The lowest BCUT2D eigenvalue weighted by atomic mass is 10.2. The van der Waals surface area contributed by atoms with Crippen LogP contribution in [0.25, 0.3) is 11.3 Å². The van der Waals surface area contributed by atoms with Crippen molar-refractivity contribution in [3.8, 4) is 11.3 Å². The molecule has 0 aliphatic carbocycles. The van der Waals surface area contributed by atoms with Gasteiger partial charge in [-0.2, -0.15) is 4.98 Å². The van der Waals surface area contributed by atoms with Crippen LogP contribution in [0, 0.1) is 0 Å². The van der Waals surface area contributed by atoms with E-state index in [9.17, 15) is 4.79 Å². The second kappa shape index (κ2) is 8.87. The van der Waals surface area contributed by atoms with E-state index in [4.69, 9.17) is 4.42 Å². The highest BCUT2D eigenvalue weighted by Gasteiger charge is 2.13. The molecule has 0 spiro atoms. The first-order valence-electron chi connectivity index (χ1n) is 8.17. The molecule has 124 valence electrons. The quantitative estimate of drug-likeness (QED) is 0.657. The zero-order valence-corrected chi connectivity index (χ0v) is 15.3. The molecule has 1 aromatic heterocycles. The first-order chi connectivity index (χ1) is 11.1. The van der Waals surface area contributed by atoms with Gasteiger partial charge in [-0.25, -0.2) is 0 Å². The number of benzene rings is 1. The van der Waals surface area contributed by atoms with Crippen LogP contribution < -0.4 is 10.5 Å². The Hall–Kier alpha value is -1.62. The van der Waals surface area contributed by atoms with Crippen molar-refractivity contribution in [1.29, 1.82) is 0 Å². The number of unbranched alkanes of at least 4 members (excludes halogenated alkanes) is 2. The Morgan fingerprint density at radius 1 is 1.09 bits per heavy atom. The molecule has 0 saturated carbocycles. The highest BCUT2D eigenvalue weighted by atomic mass is 79.9. The SMILES string of the molecule is CCCCN(CCCC)c1nc(=O)cc(-c2ccc(Br)cc2)o1. The largest absolute Gasteiger partial charge is 0.425 e. The van der Waals surface area contributed by atoms with Gasteiger partial charge in [-0.1, -0.05) is 54.8 Å². The van der Waals surface area contributed by atoms with Crippen LogP contribution in [-0.4, -0.2) is 18.1 Å². The number of hydrogen-bond acceptors (Lipinski definition) is 4. The first kappa shape index (κ1) is 17.7. The average molecular weight is 379 g/mol. The lowest BCUT2D eigenvalue weighted by Crippen LogP contribution is -2.28. The Bertz CT molecular complexity index is 659. The minimum absolute atomic E-state index is 0.262. The Morgan fingerprint density at radius 3 is 2.26 bits per heavy atom. The standard InChI is InChI=1S/C18H23BrN2O2/c1-3-5-11-21(12-6-4-2)18-20-17(22)13-16(23-18)14-7-9-15(19)10-8-14/h7-10,13H,3-6,11-12H2,1-2H3. The number of nitrogens with zero attached hydrogens (tertiary/aromatic N) is 2. The number of halogens is 1. The molecule has 0 amide bonds. The third kappa shape index (κ3) is 5.20. The maximum absolute atomic E-state index is 12.0. The lowest BCUT2D eigenvalue weighted by molar-refractivity contribution is 0.506. The fraction of sp³-hybridized carbons (Fsp3) is 0.444. The summed E-state index contributed by atoms with van der Waals surface area (Å²) in [4.78, 5) is 18.2. The van der Waals surface area contributed by atoms with Gasteiger partial charge in [-0.05, 0) is 25.0 Å². The molecule has 0 N–H and O–H groups in total. The summed E-state index contributed by atoms with van der Waals surface area (Å²) in [5.41, 5.74) is 0.613. The van der Waals surface area contributed by atoms with E-state index in [0.717, 1.165) is 48.8 Å². The van der Waals surface area contributed by atoms with E-state index in [2.05, 4.69) is 39.7 Å². The molecule has 0 saturated heterocycles. The fourth-order valence-corrected chi connectivity index (χ4v) is 2.55. The molecule has 0 fully saturated rings. The monoisotopic (exact) mass is 378 g/mol. The van der Waals surface area contributed by atoms with Gasteiger partial charge in [0, 0.05) is 29.2 Å². The smallest absolute Gasteiger partial charge is 0.301 e. The van der Waals surface area contributed by atoms with Crippen molar-refractivity contribution in [2.45, 2.75) is 39.5 Å². The molecule has 0 unspecified atom stereocenters. The molecule has 2 aromatic rings. The summed E-state index contributed by atoms with van der Waals surface area (Å²) in [6.07, 6.45) is 4.30. The highest BCUT2D eigenvalue weighted by molar-refractivity contribution is 9.10. The van der Waals surface area contributed by atoms with Crippen LogP contribution in [0.5, 0.6) is 0 Å². The summed E-state index contributed by atoms with van der Waals surface area (Å²) in [5, 5.41) is 0. The van der Waals surface area contributed by atoms with Crippen molar-refractivity contribution in [1.82, 2.24) is 4.98 Å². The van der Waals surface area contributed by atoms with Crippen molar-refractivity contribution in [3.63, 3.8) is 0 Å². The van der Waals surface area contributed by atoms with E-state index in [-0.39, 0.29) is 5.56 Å². The van der Waals surface area contributed by atoms with Crippen molar-refractivity contribution in [2.75, 3.05) is 18.0 Å². The molecule has 0 aliphatic rings. The van der Waals surface area contributed by atoms with Gasteiger partial charge in [0.15, 0.2) is 0 Å². The van der Waals surface area contributed by atoms with E-state index in [1.165, 1.54) is 6.07 Å². The molecule has 2 rings (SSSR count). The van der Waals surface area contributed by atoms with E-state index < -0.39 is 0 Å². The van der Waals surface area contributed by atoms with Crippen molar-refractivity contribution in [3.05, 3.63) is 45.2 Å². The minimum Gasteiger partial charge on any atom is -0.425 e. The Labute approximate surface area is 145 Å². The second-order valence-electron chi connectivity index (χ2n) is 5.54. The number of anilines is 1. The van der Waals surface area contributed by atoms with Crippen molar-refractivity contribution >= 4 is 21.9 Å². The van der Waals surface area contributed by atoms with E-state index in [0.29, 0.717) is 11.8 Å². The predicted octanol–water partition coefficient (Wildman–Crippen LogP) is 4.87. The third-order valence-corrected chi connectivity index (χ3v) is 4.15. The van der Waals surface area contributed by atoms with E-state index >= 15 is 0 Å². The lowest BCUT2D eigenvalue weighted by Gasteiger charge is -2.21. The Kier molecular flexibility index (Phi) is 6.84. The van der Waals surface area contributed by atoms with Gasteiger partial charge >= 0.3 is 6.01 Å². The molecule has 0 aliphatic heterocycles. The molecule has 0 bridgehead atoms. The van der Waals surface area contributed by atoms with Gasteiger partial charge in [-0.3, -0.25) is 4.79 Å². The van der Waals surface area contributed by atoms with Gasteiger partial charge in [0.1, 0.15) is 5.76 Å². The third-order valence-electron chi connectivity index (χ3n) is 3.62. The minimum atomic E-state index is -0.262. The van der Waals surface area contributed by atoms with E-state index in [1.54, 1.807) is 0 Å². The zero-order valence-electron chi connectivity index (χ0n) is 13.7. The van der Waals surface area contributed by atoms with Crippen molar-refractivity contribution in [2.24, 2.45) is 0 Å². The summed E-state index contributed by atoms with van der Waals surface area (Å²) in [6, 6.07) is 9.59. The summed E-state index contributed by atoms with van der Waals surface area (Å²) >= 11 is 3.41. The average Bonchev–Trinajstić information content (AvgIpc) is 2.55. The molecule has 23 heavy (non-hydrogen) atoms. The molecule has 1 aromatic carbocycles. The predicted molar refractivity (Wildman–Crippen MR) is 97.9 cm³/mol. The van der Waals surface area contributed by atoms with Crippen LogP contribution in [0.15, 0.2) is 44.0 Å². The number of hydrogen-bond donors (Lipinski definition) is 0. The molecule has 4 nitrogen and oxygen atoms in total. The highest BCUT2D eigenvalue weighted by Crippen LogP contribution is 2.23.